The molecule has 6 rings (SSSR count). The maximum Gasteiger partial charge on any atom is 0.144 e. The molecule has 0 aliphatic carbocycles. The van der Waals surface area contributed by atoms with Crippen LogP contribution in [0.4, 0.5) is 0 Å². The Bertz CT molecular complexity index is 1580. The Hall–Kier alpha value is -3.72. The third kappa shape index (κ3) is 2.31. The molecule has 0 unspecified atom stereocenters. The van der Waals surface area contributed by atoms with Crippen LogP contribution in [0, 0.1) is 13.8 Å². The number of nitrogens with zero attached hydrogens (tertiary/aromatic N) is 2. The van der Waals surface area contributed by atoms with E-state index in [9.17, 15) is 0 Å². The number of furan rings is 1. The van der Waals surface area contributed by atoms with E-state index in [4.69, 9.17) is 4.42 Å². The minimum Gasteiger partial charge on any atom is -0.455 e. The van der Waals surface area contributed by atoms with Gasteiger partial charge in [0.25, 0.3) is 0 Å². The fraction of sp³-hybridized carbons (Fsp3) is 0.0769. The van der Waals surface area contributed by atoms with Gasteiger partial charge < -0.3 is 4.42 Å². The van der Waals surface area contributed by atoms with Crippen molar-refractivity contribution in [2.45, 2.75) is 13.8 Å². The van der Waals surface area contributed by atoms with Crippen LogP contribution >= 0.6 is 0 Å². The normalized spacial score (nSPS) is 11.8. The number of rotatable bonds is 1. The van der Waals surface area contributed by atoms with Gasteiger partial charge in [0.15, 0.2) is 0 Å². The lowest BCUT2D eigenvalue weighted by molar-refractivity contribution is 0.670. The van der Waals surface area contributed by atoms with Crippen molar-refractivity contribution in [2.75, 3.05) is 0 Å². The molecule has 29 heavy (non-hydrogen) atoms. The smallest absolute Gasteiger partial charge is 0.144 e. The van der Waals surface area contributed by atoms with E-state index in [2.05, 4.69) is 72.3 Å². The van der Waals surface area contributed by atoms with Crippen LogP contribution in [0.2, 0.25) is 0 Å². The van der Waals surface area contributed by atoms with Gasteiger partial charge in [-0.05, 0) is 43.0 Å². The summed E-state index contributed by atoms with van der Waals surface area (Å²) in [5.74, 6) is 0. The molecule has 0 aliphatic heterocycles. The first kappa shape index (κ1) is 16.3. The van der Waals surface area contributed by atoms with Crippen LogP contribution < -0.4 is 0 Å². The Morgan fingerprint density at radius 2 is 1.62 bits per heavy atom. The largest absolute Gasteiger partial charge is 0.455 e. The van der Waals surface area contributed by atoms with Crippen molar-refractivity contribution in [1.82, 2.24) is 9.97 Å². The third-order valence-corrected chi connectivity index (χ3v) is 5.72. The topological polar surface area (TPSA) is 38.9 Å². The summed E-state index contributed by atoms with van der Waals surface area (Å²) < 4.78 is 6.25. The number of aryl methyl sites for hydroxylation is 2. The summed E-state index contributed by atoms with van der Waals surface area (Å²) in [4.78, 5) is 9.35. The number of hydrogen-bond donors (Lipinski definition) is 0. The van der Waals surface area contributed by atoms with Crippen molar-refractivity contribution < 1.29 is 4.42 Å². The molecule has 0 fully saturated rings. The first-order valence-electron chi connectivity index (χ1n) is 9.76. The van der Waals surface area contributed by atoms with Crippen molar-refractivity contribution in [1.29, 1.82) is 0 Å². The minimum atomic E-state index is 0.870. The van der Waals surface area contributed by atoms with Gasteiger partial charge in [-0.25, -0.2) is 9.97 Å². The minimum absolute atomic E-state index is 0.870. The molecular formula is C26H18N2O. The predicted octanol–water partition coefficient (Wildman–Crippen LogP) is 6.97. The van der Waals surface area contributed by atoms with Gasteiger partial charge >= 0.3 is 0 Å². The van der Waals surface area contributed by atoms with Crippen LogP contribution in [-0.2, 0) is 0 Å². The van der Waals surface area contributed by atoms with Gasteiger partial charge in [-0.1, -0.05) is 54.1 Å². The monoisotopic (exact) mass is 374 g/mol. The van der Waals surface area contributed by atoms with Gasteiger partial charge in [0, 0.05) is 27.1 Å². The lowest BCUT2D eigenvalue weighted by Gasteiger charge is -2.11. The van der Waals surface area contributed by atoms with E-state index in [-0.39, 0.29) is 0 Å². The van der Waals surface area contributed by atoms with E-state index in [1.165, 1.54) is 21.9 Å². The summed E-state index contributed by atoms with van der Waals surface area (Å²) >= 11 is 0. The molecule has 0 spiro atoms. The molecule has 0 aliphatic rings. The average molecular weight is 374 g/mol. The molecular weight excluding hydrogens is 356 g/mol. The van der Waals surface area contributed by atoms with Gasteiger partial charge in [0.1, 0.15) is 17.5 Å². The molecule has 0 saturated heterocycles. The lowest BCUT2D eigenvalue weighted by atomic mass is 9.97. The molecule has 0 N–H and O–H groups in total. The zero-order chi connectivity index (χ0) is 19.5. The number of aromatic nitrogens is 2. The summed E-state index contributed by atoms with van der Waals surface area (Å²) in [6, 6.07) is 23.1. The van der Waals surface area contributed by atoms with Gasteiger partial charge in [-0.3, -0.25) is 0 Å². The van der Waals surface area contributed by atoms with Crippen molar-refractivity contribution in [3.63, 3.8) is 0 Å². The Morgan fingerprint density at radius 3 is 2.55 bits per heavy atom. The molecule has 6 aromatic rings. The van der Waals surface area contributed by atoms with Crippen molar-refractivity contribution in [2.24, 2.45) is 0 Å². The Kier molecular flexibility index (Phi) is 3.30. The molecule has 2 heterocycles. The van der Waals surface area contributed by atoms with Crippen LogP contribution in [-0.4, -0.2) is 9.97 Å². The summed E-state index contributed by atoms with van der Waals surface area (Å²) in [5, 5.41) is 5.67. The van der Waals surface area contributed by atoms with Crippen LogP contribution in [0.25, 0.3) is 54.9 Å². The van der Waals surface area contributed by atoms with Crippen LogP contribution in [0.1, 0.15) is 11.1 Å². The van der Waals surface area contributed by atoms with E-state index >= 15 is 0 Å². The van der Waals surface area contributed by atoms with Gasteiger partial charge in [-0.15, -0.1) is 0 Å². The summed E-state index contributed by atoms with van der Waals surface area (Å²) in [7, 11) is 0. The second-order valence-corrected chi connectivity index (χ2v) is 7.64. The molecule has 0 radical (unpaired) electrons. The van der Waals surface area contributed by atoms with E-state index in [0.29, 0.717) is 0 Å². The quantitative estimate of drug-likeness (QED) is 0.292. The summed E-state index contributed by atoms with van der Waals surface area (Å²) in [5.41, 5.74) is 7.14. The molecule has 0 atom stereocenters. The predicted molar refractivity (Wildman–Crippen MR) is 119 cm³/mol. The zero-order valence-electron chi connectivity index (χ0n) is 16.2. The van der Waals surface area contributed by atoms with E-state index in [1.54, 1.807) is 6.33 Å². The first-order chi connectivity index (χ1) is 14.2. The van der Waals surface area contributed by atoms with Gasteiger partial charge in [0.05, 0.1) is 11.2 Å². The molecule has 0 bridgehead atoms. The lowest BCUT2D eigenvalue weighted by Crippen LogP contribution is -1.92. The fourth-order valence-corrected chi connectivity index (χ4v) is 4.53. The molecule has 138 valence electrons. The standard InChI is InChI=1S/C26H18N2O/c1-15-12-16(2)23-17(13-15)10-11-20-24(27-14-28-25(20)23)21-8-5-7-19-18-6-3-4-9-22(18)29-26(19)21/h3-14H,1-2H3. The highest BCUT2D eigenvalue weighted by molar-refractivity contribution is 6.14. The molecule has 4 aromatic carbocycles. The molecule has 0 amide bonds. The SMILES string of the molecule is Cc1cc(C)c2c(ccc3c(-c4cccc5c4oc4ccccc45)ncnc32)c1. The number of benzene rings is 4. The molecule has 3 nitrogen and oxygen atoms in total. The summed E-state index contributed by atoms with van der Waals surface area (Å²) in [6.07, 6.45) is 1.66. The highest BCUT2D eigenvalue weighted by Gasteiger charge is 2.16. The zero-order valence-corrected chi connectivity index (χ0v) is 16.2. The molecule has 0 saturated carbocycles. The highest BCUT2D eigenvalue weighted by atomic mass is 16.3. The van der Waals surface area contributed by atoms with E-state index < -0.39 is 0 Å². The second kappa shape index (κ2) is 5.89. The number of hydrogen-bond acceptors (Lipinski definition) is 3. The van der Waals surface area contributed by atoms with Crippen LogP contribution in [0.3, 0.4) is 0 Å². The van der Waals surface area contributed by atoms with E-state index in [1.807, 2.05) is 18.2 Å². The molecule has 3 heteroatoms. The van der Waals surface area contributed by atoms with E-state index in [0.717, 1.165) is 44.1 Å². The Labute approximate surface area is 167 Å². The maximum atomic E-state index is 6.25. The van der Waals surface area contributed by atoms with Crippen molar-refractivity contribution in [3.8, 4) is 11.3 Å². The molecule has 2 aromatic heterocycles. The van der Waals surface area contributed by atoms with Crippen LogP contribution in [0.15, 0.2) is 77.5 Å². The Morgan fingerprint density at radius 1 is 0.759 bits per heavy atom. The maximum absolute atomic E-state index is 6.25. The van der Waals surface area contributed by atoms with Crippen molar-refractivity contribution >= 4 is 43.6 Å². The fourth-order valence-electron chi connectivity index (χ4n) is 4.53. The highest BCUT2D eigenvalue weighted by Crippen LogP contribution is 2.38. The van der Waals surface area contributed by atoms with Crippen molar-refractivity contribution in [3.05, 3.63) is 84.2 Å². The number of fused-ring (bicyclic) bond motifs is 6. The van der Waals surface area contributed by atoms with Gasteiger partial charge in [0.2, 0.25) is 0 Å². The third-order valence-electron chi connectivity index (χ3n) is 5.72. The van der Waals surface area contributed by atoms with Crippen LogP contribution in [0.5, 0.6) is 0 Å². The second-order valence-electron chi connectivity index (χ2n) is 7.64. The number of para-hydroxylation sites is 2. The van der Waals surface area contributed by atoms with Gasteiger partial charge in [-0.2, -0.15) is 0 Å². The Balaban J connectivity index is 1.73. The average Bonchev–Trinajstić information content (AvgIpc) is 3.11. The summed E-state index contributed by atoms with van der Waals surface area (Å²) in [6.45, 7) is 4.28. The first-order valence-corrected chi connectivity index (χ1v) is 9.76.